The maximum Gasteiger partial charge on any atom is 0.341 e. The molecule has 0 saturated carbocycles. The highest BCUT2D eigenvalue weighted by Gasteiger charge is 2.27. The van der Waals surface area contributed by atoms with E-state index in [0.717, 1.165) is 24.4 Å². The molecule has 0 aliphatic carbocycles. The normalized spacial score (nSPS) is 14.7. The summed E-state index contributed by atoms with van der Waals surface area (Å²) in [7, 11) is 0. The second-order valence-electron chi connectivity index (χ2n) is 7.64. The lowest BCUT2D eigenvalue weighted by atomic mass is 10.1. The highest BCUT2D eigenvalue weighted by Crippen LogP contribution is 2.34. The van der Waals surface area contributed by atoms with E-state index in [1.165, 1.54) is 19.3 Å². The Bertz CT molecular complexity index is 941. The van der Waals surface area contributed by atoms with Gasteiger partial charge in [0.15, 0.2) is 5.76 Å². The lowest BCUT2D eigenvalue weighted by Gasteiger charge is -2.25. The van der Waals surface area contributed by atoms with Crippen LogP contribution >= 0.6 is 11.3 Å². The van der Waals surface area contributed by atoms with Gasteiger partial charge in [-0.25, -0.2) is 4.79 Å². The van der Waals surface area contributed by atoms with E-state index in [4.69, 9.17) is 14.9 Å². The average Bonchev–Trinajstić information content (AvgIpc) is 3.26. The third-order valence-corrected chi connectivity index (χ3v) is 6.08. The van der Waals surface area contributed by atoms with E-state index >= 15 is 0 Å². The van der Waals surface area contributed by atoms with Crippen molar-refractivity contribution in [2.75, 3.05) is 18.4 Å². The second-order valence-corrected chi connectivity index (χ2v) is 8.66. The van der Waals surface area contributed by atoms with Gasteiger partial charge in [0.2, 0.25) is 0 Å². The predicted molar refractivity (Wildman–Crippen MR) is 114 cm³/mol. The molecule has 3 rings (SSSR count). The molecule has 0 radical (unpaired) electrons. The number of primary amides is 1. The number of carbonyl (C=O) groups is 3. The number of hydrogen-bond acceptors (Lipinski definition) is 7. The van der Waals surface area contributed by atoms with Crippen molar-refractivity contribution in [2.45, 2.75) is 52.7 Å². The Kier molecular flexibility index (Phi) is 6.94. The molecule has 0 aromatic carbocycles. The van der Waals surface area contributed by atoms with Gasteiger partial charge >= 0.3 is 5.97 Å². The van der Waals surface area contributed by atoms with Gasteiger partial charge in [0.1, 0.15) is 10.8 Å². The molecule has 1 fully saturated rings. The van der Waals surface area contributed by atoms with E-state index in [0.29, 0.717) is 17.9 Å². The number of nitrogens with two attached hydrogens (primary N) is 1. The topological polar surface area (TPSA) is 115 Å². The number of esters is 1. The van der Waals surface area contributed by atoms with Crippen LogP contribution in [-0.4, -0.2) is 41.9 Å². The molecule has 1 aliphatic heterocycles. The number of hydrogen-bond donors (Lipinski definition) is 2. The minimum absolute atomic E-state index is 0.135. The monoisotopic (exact) mass is 433 g/mol. The van der Waals surface area contributed by atoms with Crippen LogP contribution in [0.5, 0.6) is 0 Å². The summed E-state index contributed by atoms with van der Waals surface area (Å²) < 4.78 is 11.0. The van der Waals surface area contributed by atoms with E-state index in [1.807, 2.05) is 0 Å². The largest absolute Gasteiger partial charge is 0.459 e. The van der Waals surface area contributed by atoms with Gasteiger partial charge in [0, 0.05) is 0 Å². The summed E-state index contributed by atoms with van der Waals surface area (Å²) in [6.45, 7) is 7.75. The average molecular weight is 434 g/mol. The van der Waals surface area contributed by atoms with Crippen LogP contribution < -0.4 is 11.1 Å². The fourth-order valence-electron chi connectivity index (χ4n) is 3.44. The van der Waals surface area contributed by atoms with Gasteiger partial charge in [-0.05, 0) is 64.4 Å². The molecular weight excluding hydrogens is 406 g/mol. The Morgan fingerprint density at radius 1 is 1.23 bits per heavy atom. The zero-order valence-corrected chi connectivity index (χ0v) is 18.3. The zero-order valence-electron chi connectivity index (χ0n) is 17.4. The van der Waals surface area contributed by atoms with E-state index < -0.39 is 17.8 Å². The van der Waals surface area contributed by atoms with Crippen molar-refractivity contribution in [3.63, 3.8) is 0 Å². The molecule has 3 heterocycles. The van der Waals surface area contributed by atoms with Crippen LogP contribution in [0.2, 0.25) is 0 Å². The van der Waals surface area contributed by atoms with Crippen molar-refractivity contribution >= 4 is 34.1 Å². The van der Waals surface area contributed by atoms with Crippen molar-refractivity contribution < 1.29 is 23.5 Å². The van der Waals surface area contributed by atoms with Crippen LogP contribution in [0.4, 0.5) is 5.00 Å². The minimum atomic E-state index is -0.668. The number of nitrogens with zero attached hydrogens (tertiary/aromatic N) is 1. The lowest BCUT2D eigenvalue weighted by Crippen LogP contribution is -2.28. The number of anilines is 1. The number of carbonyl (C=O) groups excluding carboxylic acids is 3. The van der Waals surface area contributed by atoms with E-state index in [1.54, 1.807) is 32.9 Å². The quantitative estimate of drug-likeness (QED) is 0.645. The Labute approximate surface area is 179 Å². The van der Waals surface area contributed by atoms with Crippen molar-refractivity contribution in [3.05, 3.63) is 39.7 Å². The molecule has 0 atom stereocenters. The molecule has 162 valence electrons. The first-order valence-electron chi connectivity index (χ1n) is 10.0. The fourth-order valence-corrected chi connectivity index (χ4v) is 4.49. The first-order valence-corrected chi connectivity index (χ1v) is 10.8. The Balaban J connectivity index is 1.78. The van der Waals surface area contributed by atoms with Crippen LogP contribution in [0, 0.1) is 6.92 Å². The molecule has 1 aliphatic rings. The summed E-state index contributed by atoms with van der Waals surface area (Å²) in [4.78, 5) is 39.5. The summed E-state index contributed by atoms with van der Waals surface area (Å²) >= 11 is 0.951. The number of thiophene rings is 1. The van der Waals surface area contributed by atoms with Gasteiger partial charge < -0.3 is 20.2 Å². The maximum atomic E-state index is 12.7. The van der Waals surface area contributed by atoms with E-state index in [9.17, 15) is 14.4 Å². The number of amides is 2. The fraction of sp³-hybridized carbons (Fsp3) is 0.476. The number of furan rings is 1. The summed E-state index contributed by atoms with van der Waals surface area (Å²) in [6.07, 6.45) is 3.24. The lowest BCUT2D eigenvalue weighted by molar-refractivity contribution is 0.0379. The zero-order chi connectivity index (χ0) is 21.8. The van der Waals surface area contributed by atoms with Crippen molar-refractivity contribution in [1.29, 1.82) is 0 Å². The first-order chi connectivity index (χ1) is 14.3. The molecule has 0 spiro atoms. The first kappa shape index (κ1) is 22.0. The molecule has 2 aromatic heterocycles. The minimum Gasteiger partial charge on any atom is -0.459 e. The Morgan fingerprint density at radius 2 is 1.93 bits per heavy atom. The Morgan fingerprint density at radius 3 is 2.57 bits per heavy atom. The summed E-state index contributed by atoms with van der Waals surface area (Å²) in [5, 5.41) is 2.89. The number of rotatable bonds is 7. The smallest absolute Gasteiger partial charge is 0.341 e. The van der Waals surface area contributed by atoms with Crippen molar-refractivity contribution in [3.8, 4) is 0 Å². The molecular formula is C21H27N3O5S. The van der Waals surface area contributed by atoms with Crippen LogP contribution in [-0.2, 0) is 11.3 Å². The molecule has 8 nitrogen and oxygen atoms in total. The standard InChI is InChI=1S/C21H27N3O5S/c1-12(2)28-21(27)16-13(3)17(18(22)25)30-20(16)23-19(26)15-8-7-14(29-15)11-24-9-5-4-6-10-24/h7-8,12H,4-6,9-11H2,1-3H3,(H2,22,25)(H,23,26). The summed E-state index contributed by atoms with van der Waals surface area (Å²) in [5.41, 5.74) is 5.94. The van der Waals surface area contributed by atoms with Gasteiger partial charge in [-0.3, -0.25) is 14.5 Å². The molecule has 3 N–H and O–H groups in total. The third kappa shape index (κ3) is 5.09. The Hall–Kier alpha value is -2.65. The van der Waals surface area contributed by atoms with E-state index in [-0.39, 0.29) is 27.3 Å². The molecule has 9 heteroatoms. The molecule has 0 bridgehead atoms. The number of piperidine rings is 1. The van der Waals surface area contributed by atoms with Crippen LogP contribution in [0.1, 0.15) is 75.0 Å². The van der Waals surface area contributed by atoms with Gasteiger partial charge in [-0.1, -0.05) is 6.42 Å². The highest BCUT2D eigenvalue weighted by molar-refractivity contribution is 7.18. The second kappa shape index (κ2) is 9.44. The molecule has 30 heavy (non-hydrogen) atoms. The van der Waals surface area contributed by atoms with Crippen molar-refractivity contribution in [1.82, 2.24) is 4.90 Å². The SMILES string of the molecule is Cc1c(C(N)=O)sc(NC(=O)c2ccc(CN3CCCCC3)o2)c1C(=O)OC(C)C. The number of likely N-dealkylation sites (tertiary alicyclic amines) is 1. The summed E-state index contributed by atoms with van der Waals surface area (Å²) in [5.74, 6) is -0.945. The highest BCUT2D eigenvalue weighted by atomic mass is 32.1. The maximum absolute atomic E-state index is 12.7. The van der Waals surface area contributed by atoms with Crippen LogP contribution in [0.15, 0.2) is 16.5 Å². The van der Waals surface area contributed by atoms with Gasteiger partial charge in [0.05, 0.1) is 23.1 Å². The predicted octanol–water partition coefficient (Wildman–Crippen LogP) is 3.55. The third-order valence-electron chi connectivity index (χ3n) is 4.86. The van der Waals surface area contributed by atoms with Crippen LogP contribution in [0.3, 0.4) is 0 Å². The number of nitrogens with one attached hydrogen (secondary N) is 1. The van der Waals surface area contributed by atoms with Crippen LogP contribution in [0.25, 0.3) is 0 Å². The molecule has 1 saturated heterocycles. The van der Waals surface area contributed by atoms with Gasteiger partial charge in [0.25, 0.3) is 11.8 Å². The summed E-state index contributed by atoms with van der Waals surface area (Å²) in [6, 6.07) is 3.39. The van der Waals surface area contributed by atoms with Crippen molar-refractivity contribution in [2.24, 2.45) is 5.73 Å². The molecule has 2 amide bonds. The number of ether oxygens (including phenoxy) is 1. The van der Waals surface area contributed by atoms with Gasteiger partial charge in [-0.2, -0.15) is 0 Å². The molecule has 2 aromatic rings. The van der Waals surface area contributed by atoms with E-state index in [2.05, 4.69) is 10.2 Å². The molecule has 0 unspecified atom stereocenters. The van der Waals surface area contributed by atoms with Gasteiger partial charge in [-0.15, -0.1) is 11.3 Å².